The topological polar surface area (TPSA) is 29.9 Å². The van der Waals surface area contributed by atoms with Gasteiger partial charge in [-0.2, -0.15) is 0 Å². The van der Waals surface area contributed by atoms with Gasteiger partial charge in [0.2, 0.25) is 5.95 Å². The summed E-state index contributed by atoms with van der Waals surface area (Å²) < 4.78 is 2.03. The van der Waals surface area contributed by atoms with Gasteiger partial charge in [0, 0.05) is 6.54 Å². The van der Waals surface area contributed by atoms with Crippen LogP contribution in [0.25, 0.3) is 11.0 Å². The Hall–Kier alpha value is -1.95. The first-order chi connectivity index (χ1) is 7.86. The molecule has 0 aliphatic heterocycles. The lowest BCUT2D eigenvalue weighted by Crippen LogP contribution is -2.07. The molecule has 0 amide bonds. The molecule has 2 aromatic rings. The first kappa shape index (κ1) is 10.6. The summed E-state index contributed by atoms with van der Waals surface area (Å²) in [5.74, 6) is 3.52. The predicted octanol–water partition coefficient (Wildman–Crippen LogP) is 2.49. The van der Waals surface area contributed by atoms with E-state index < -0.39 is 0 Å². The molecule has 0 fully saturated rings. The van der Waals surface area contributed by atoms with Crippen molar-refractivity contribution in [3.05, 3.63) is 24.3 Å². The van der Waals surface area contributed by atoms with E-state index in [4.69, 9.17) is 6.42 Å². The summed E-state index contributed by atoms with van der Waals surface area (Å²) in [6, 6.07) is 8.02. The Bertz CT molecular complexity index is 519. The summed E-state index contributed by atoms with van der Waals surface area (Å²) in [6.45, 7) is 3.58. The number of anilines is 1. The van der Waals surface area contributed by atoms with Crippen LogP contribution in [-0.4, -0.2) is 16.1 Å². The van der Waals surface area contributed by atoms with E-state index in [1.54, 1.807) is 0 Å². The molecule has 1 aromatic heterocycles. The summed E-state index contributed by atoms with van der Waals surface area (Å²) >= 11 is 0. The average Bonchev–Trinajstić information content (AvgIpc) is 2.66. The maximum Gasteiger partial charge on any atom is 0.204 e. The number of para-hydroxylation sites is 2. The molecular formula is C13H15N3. The molecule has 0 saturated carbocycles. The van der Waals surface area contributed by atoms with E-state index in [0.717, 1.165) is 29.9 Å². The maximum absolute atomic E-state index is 5.38. The number of aromatic nitrogens is 2. The minimum absolute atomic E-state index is 0.548. The Morgan fingerprint density at radius 2 is 2.25 bits per heavy atom. The smallest absolute Gasteiger partial charge is 0.204 e. The van der Waals surface area contributed by atoms with Crippen molar-refractivity contribution in [2.45, 2.75) is 19.9 Å². The predicted molar refractivity (Wildman–Crippen MR) is 67.3 cm³/mol. The molecule has 1 aromatic carbocycles. The van der Waals surface area contributed by atoms with E-state index in [2.05, 4.69) is 23.1 Å². The van der Waals surface area contributed by atoms with Gasteiger partial charge in [-0.3, -0.25) is 4.57 Å². The molecule has 1 heterocycles. The van der Waals surface area contributed by atoms with Gasteiger partial charge in [-0.05, 0) is 18.6 Å². The van der Waals surface area contributed by atoms with Crippen LogP contribution in [0.15, 0.2) is 24.3 Å². The molecule has 0 aliphatic rings. The first-order valence-electron chi connectivity index (χ1n) is 5.49. The fourth-order valence-electron chi connectivity index (χ4n) is 1.70. The van der Waals surface area contributed by atoms with Gasteiger partial charge in [-0.1, -0.05) is 25.0 Å². The zero-order valence-electron chi connectivity index (χ0n) is 9.40. The van der Waals surface area contributed by atoms with Crippen molar-refractivity contribution in [1.29, 1.82) is 0 Å². The molecular weight excluding hydrogens is 198 g/mol. The highest BCUT2D eigenvalue weighted by molar-refractivity contribution is 5.78. The van der Waals surface area contributed by atoms with Gasteiger partial charge in [0.25, 0.3) is 0 Å². The Morgan fingerprint density at radius 1 is 1.44 bits per heavy atom. The van der Waals surface area contributed by atoms with Gasteiger partial charge in [0.05, 0.1) is 17.6 Å². The Labute approximate surface area is 95.5 Å². The number of rotatable bonds is 4. The SMILES string of the molecule is C#CCn1c(NCCC)nc2ccccc21. The highest BCUT2D eigenvalue weighted by Gasteiger charge is 2.07. The summed E-state index contributed by atoms with van der Waals surface area (Å²) in [6.07, 6.45) is 6.45. The molecule has 0 spiro atoms. The van der Waals surface area contributed by atoms with Crippen molar-refractivity contribution in [1.82, 2.24) is 9.55 Å². The van der Waals surface area contributed by atoms with E-state index in [1.807, 2.05) is 28.8 Å². The van der Waals surface area contributed by atoms with Crippen molar-refractivity contribution in [2.24, 2.45) is 0 Å². The average molecular weight is 213 g/mol. The van der Waals surface area contributed by atoms with Crippen molar-refractivity contribution < 1.29 is 0 Å². The molecule has 3 heteroatoms. The monoisotopic (exact) mass is 213 g/mol. The van der Waals surface area contributed by atoms with Crippen LogP contribution in [0.2, 0.25) is 0 Å². The van der Waals surface area contributed by atoms with E-state index >= 15 is 0 Å². The van der Waals surface area contributed by atoms with Crippen molar-refractivity contribution in [3.8, 4) is 12.3 Å². The van der Waals surface area contributed by atoms with Gasteiger partial charge in [-0.15, -0.1) is 6.42 Å². The Balaban J connectivity index is 2.46. The molecule has 0 saturated heterocycles. The van der Waals surface area contributed by atoms with Gasteiger partial charge in [0.1, 0.15) is 0 Å². The highest BCUT2D eigenvalue weighted by Crippen LogP contribution is 2.18. The second kappa shape index (κ2) is 4.71. The largest absolute Gasteiger partial charge is 0.356 e. The van der Waals surface area contributed by atoms with E-state index in [1.165, 1.54) is 0 Å². The maximum atomic E-state index is 5.38. The summed E-state index contributed by atoms with van der Waals surface area (Å²) in [7, 11) is 0. The number of hydrogen-bond acceptors (Lipinski definition) is 2. The van der Waals surface area contributed by atoms with Gasteiger partial charge in [0.15, 0.2) is 0 Å². The number of nitrogens with zero attached hydrogens (tertiary/aromatic N) is 2. The van der Waals surface area contributed by atoms with Crippen molar-refractivity contribution in [3.63, 3.8) is 0 Å². The highest BCUT2D eigenvalue weighted by atomic mass is 15.2. The Morgan fingerprint density at radius 3 is 3.00 bits per heavy atom. The third kappa shape index (κ3) is 1.87. The van der Waals surface area contributed by atoms with Crippen LogP contribution >= 0.6 is 0 Å². The summed E-state index contributed by atoms with van der Waals surface area (Å²) in [5.41, 5.74) is 2.07. The molecule has 0 unspecified atom stereocenters. The molecule has 1 N–H and O–H groups in total. The van der Waals surface area contributed by atoms with Gasteiger partial charge in [-0.25, -0.2) is 4.98 Å². The van der Waals surface area contributed by atoms with Gasteiger partial charge >= 0.3 is 0 Å². The van der Waals surface area contributed by atoms with Crippen LogP contribution in [-0.2, 0) is 6.54 Å². The lowest BCUT2D eigenvalue weighted by atomic mass is 10.3. The second-order valence-electron chi connectivity index (χ2n) is 3.64. The second-order valence-corrected chi connectivity index (χ2v) is 3.64. The standard InChI is InChI=1S/C13H15N3/c1-3-9-14-13-15-11-7-5-6-8-12(11)16(13)10-4-2/h2,5-8H,3,9-10H2,1H3,(H,14,15). The third-order valence-corrected chi connectivity index (χ3v) is 2.44. The fraction of sp³-hybridized carbons (Fsp3) is 0.308. The molecule has 2 rings (SSSR count). The number of benzene rings is 1. The van der Waals surface area contributed by atoms with Gasteiger partial charge < -0.3 is 5.32 Å². The summed E-state index contributed by atoms with van der Waals surface area (Å²) in [5, 5.41) is 3.29. The number of nitrogens with one attached hydrogen (secondary N) is 1. The quantitative estimate of drug-likeness (QED) is 0.791. The molecule has 0 bridgehead atoms. The number of imidazole rings is 1. The molecule has 16 heavy (non-hydrogen) atoms. The van der Waals surface area contributed by atoms with E-state index in [-0.39, 0.29) is 0 Å². The molecule has 0 atom stereocenters. The minimum Gasteiger partial charge on any atom is -0.356 e. The lowest BCUT2D eigenvalue weighted by molar-refractivity contribution is 0.852. The minimum atomic E-state index is 0.548. The fourth-order valence-corrected chi connectivity index (χ4v) is 1.70. The normalized spacial score (nSPS) is 10.2. The van der Waals surface area contributed by atoms with E-state index in [0.29, 0.717) is 6.54 Å². The summed E-state index contributed by atoms with van der Waals surface area (Å²) in [4.78, 5) is 4.53. The number of hydrogen-bond donors (Lipinski definition) is 1. The first-order valence-corrected chi connectivity index (χ1v) is 5.49. The lowest BCUT2D eigenvalue weighted by Gasteiger charge is -2.06. The van der Waals surface area contributed by atoms with Crippen LogP contribution in [0.5, 0.6) is 0 Å². The molecule has 0 radical (unpaired) electrons. The van der Waals surface area contributed by atoms with Crippen molar-refractivity contribution in [2.75, 3.05) is 11.9 Å². The molecule has 3 nitrogen and oxygen atoms in total. The number of fused-ring (bicyclic) bond motifs is 1. The number of terminal acetylenes is 1. The molecule has 0 aliphatic carbocycles. The Kier molecular flexibility index (Phi) is 3.11. The zero-order chi connectivity index (χ0) is 11.4. The third-order valence-electron chi connectivity index (χ3n) is 2.44. The van der Waals surface area contributed by atoms with Crippen molar-refractivity contribution >= 4 is 17.0 Å². The van der Waals surface area contributed by atoms with Crippen LogP contribution in [0.1, 0.15) is 13.3 Å². The zero-order valence-corrected chi connectivity index (χ0v) is 9.40. The van der Waals surface area contributed by atoms with Crippen LogP contribution in [0, 0.1) is 12.3 Å². The molecule has 82 valence electrons. The van der Waals surface area contributed by atoms with Crippen LogP contribution in [0.3, 0.4) is 0 Å². The van der Waals surface area contributed by atoms with Crippen LogP contribution < -0.4 is 5.32 Å². The van der Waals surface area contributed by atoms with Crippen LogP contribution in [0.4, 0.5) is 5.95 Å². The van der Waals surface area contributed by atoms with E-state index in [9.17, 15) is 0 Å².